The molecule has 7 N–H and O–H groups in total. The van der Waals surface area contributed by atoms with Crippen molar-refractivity contribution in [3.8, 4) is 0 Å². The van der Waals surface area contributed by atoms with E-state index in [1.807, 2.05) is 0 Å². The summed E-state index contributed by atoms with van der Waals surface area (Å²) in [6.45, 7) is 25.9. The Hall–Kier alpha value is -3.98. The number of allylic oxidation sites excluding steroid dienone is 21. The van der Waals surface area contributed by atoms with Gasteiger partial charge in [0.1, 0.15) is 48.7 Å². The molecule has 2 heterocycles. The van der Waals surface area contributed by atoms with Gasteiger partial charge in [-0.1, -0.05) is 128 Å². The summed E-state index contributed by atoms with van der Waals surface area (Å²) >= 11 is 0. The van der Waals surface area contributed by atoms with Crippen LogP contribution in [0.2, 0.25) is 0 Å². The first-order valence-electron chi connectivity index (χ1n) is 33.0. The fourth-order valence-electron chi connectivity index (χ4n) is 10.5. The average Bonchev–Trinajstić information content (AvgIpc) is 0.781. The molecule has 2 fully saturated rings. The molecule has 12 atom stereocenters. The van der Waals surface area contributed by atoms with E-state index in [1.54, 1.807) is 6.92 Å². The summed E-state index contributed by atoms with van der Waals surface area (Å²) < 4.78 is 56.5. The number of amides is 2. The van der Waals surface area contributed by atoms with Gasteiger partial charge in [-0.15, -0.1) is 0 Å². The lowest BCUT2D eigenvalue weighted by Crippen LogP contribution is -2.69. The normalized spacial score (nSPS) is 25.1. The lowest BCUT2D eigenvalue weighted by Gasteiger charge is -2.48. The van der Waals surface area contributed by atoms with Gasteiger partial charge in [-0.2, -0.15) is 0 Å². The Balaban J connectivity index is 1.71. The van der Waals surface area contributed by atoms with Crippen LogP contribution in [0.4, 0.5) is 0 Å². The van der Waals surface area contributed by atoms with E-state index in [2.05, 4.69) is 152 Å². The molecule has 0 aliphatic carbocycles. The Morgan fingerprint density at radius 3 is 1.01 bits per heavy atom. The molecule has 21 heteroatoms. The predicted octanol–water partition coefficient (Wildman–Crippen LogP) is 13.1. The maximum Gasteiger partial charge on any atom is 0.276 e. The minimum atomic E-state index is -5.94. The van der Waals surface area contributed by atoms with Crippen LogP contribution in [0, 0.1) is 0 Å². The summed E-state index contributed by atoms with van der Waals surface area (Å²) in [5, 5.41) is 56.9. The third-order valence-electron chi connectivity index (χ3n) is 16.2. The number of carbonyl (C=O) groups is 2. The molecule has 0 aromatic rings. The highest BCUT2D eigenvalue weighted by Crippen LogP contribution is 2.57. The van der Waals surface area contributed by atoms with Crippen LogP contribution in [0.25, 0.3) is 0 Å². The topological polar surface area (TPSA) is 295 Å². The zero-order valence-corrected chi connectivity index (χ0v) is 59.7. The third-order valence-corrected chi connectivity index (χ3v) is 18.8. The Kier molecular flexibility index (Phi) is 41.6. The van der Waals surface area contributed by atoms with Gasteiger partial charge in [-0.05, 0) is 212 Å². The summed E-state index contributed by atoms with van der Waals surface area (Å²) in [6, 6.07) is -3.34. The molecule has 2 amide bonds. The molecule has 0 spiro atoms. The van der Waals surface area contributed by atoms with Gasteiger partial charge in [0.15, 0.2) is 12.6 Å². The van der Waals surface area contributed by atoms with Gasteiger partial charge in [0.25, 0.3) is 15.6 Å². The molecule has 524 valence electrons. The predicted molar refractivity (Wildman–Crippen MR) is 362 cm³/mol. The Labute approximate surface area is 551 Å². The van der Waals surface area contributed by atoms with Crippen LogP contribution in [0.5, 0.6) is 0 Å². The molecule has 2 rings (SSSR count). The first-order valence-corrected chi connectivity index (χ1v) is 35.9. The molecule has 2 aliphatic heterocycles. The van der Waals surface area contributed by atoms with E-state index >= 15 is 0 Å². The van der Waals surface area contributed by atoms with E-state index in [9.17, 15) is 54.0 Å². The third kappa shape index (κ3) is 36.8. The van der Waals surface area contributed by atoms with Crippen LogP contribution < -0.4 is 20.4 Å². The molecule has 2 unspecified atom stereocenters. The molecular formula is C71H116N2O17P2-2. The number of phosphoric acid groups is 2. The summed E-state index contributed by atoms with van der Waals surface area (Å²) in [5.41, 5.74) is 15.0. The van der Waals surface area contributed by atoms with E-state index in [0.29, 0.717) is 12.8 Å². The number of ether oxygens (including phenoxy) is 3. The first kappa shape index (κ1) is 84.1. The van der Waals surface area contributed by atoms with Crippen LogP contribution >= 0.6 is 15.6 Å². The summed E-state index contributed by atoms with van der Waals surface area (Å²) in [7, 11) is -11.6. The van der Waals surface area contributed by atoms with E-state index in [-0.39, 0.29) is 0 Å². The van der Waals surface area contributed by atoms with E-state index in [4.69, 9.17) is 23.3 Å². The number of rotatable bonds is 43. The minimum Gasteiger partial charge on any atom is -0.756 e. The van der Waals surface area contributed by atoms with Crippen molar-refractivity contribution in [2.24, 2.45) is 0 Å². The van der Waals surface area contributed by atoms with Gasteiger partial charge in [-0.25, -0.2) is 4.31 Å². The van der Waals surface area contributed by atoms with Crippen molar-refractivity contribution in [1.29, 1.82) is 0 Å². The molecule has 19 nitrogen and oxygen atoms in total. The highest BCUT2D eigenvalue weighted by molar-refractivity contribution is 7.59. The maximum absolute atomic E-state index is 13.0. The van der Waals surface area contributed by atoms with E-state index in [0.717, 1.165) is 135 Å². The second-order valence-electron chi connectivity index (χ2n) is 25.5. The number of carbonyl (C=O) groups excluding carboxylic acids is 2. The monoisotopic (exact) mass is 1330 g/mol. The second kappa shape index (κ2) is 45.5. The van der Waals surface area contributed by atoms with Gasteiger partial charge in [0, 0.05) is 13.8 Å². The smallest absolute Gasteiger partial charge is 0.276 e. The van der Waals surface area contributed by atoms with Gasteiger partial charge in [-0.3, -0.25) is 23.2 Å². The van der Waals surface area contributed by atoms with Crippen molar-refractivity contribution >= 4 is 27.5 Å². The summed E-state index contributed by atoms with van der Waals surface area (Å²) in [5.74, 6) is -1.54. The van der Waals surface area contributed by atoms with Crippen molar-refractivity contribution in [2.75, 3.05) is 19.8 Å². The largest absolute Gasteiger partial charge is 0.756 e. The molecule has 2 aliphatic rings. The molecule has 92 heavy (non-hydrogen) atoms. The standard InChI is InChI=1S/C71H118N2O17P2/c1-49(2)25-15-26-50(3)27-16-28-51(4)29-17-30-52(5)31-18-32-53(6)33-19-34-54(7)35-20-36-55(8)37-21-38-56(9)39-22-40-57(10)41-23-42-58(11)43-24-44-59(12)45-46-85-91(81,82)90-92(83,84)89-71-65(73-61(14)77)68(80)69(63(48-75)87-71)88-70-64(72-60(13)76)67(79)66(78)62(47-74)86-70/h25,27,29,31,33,35,37,39,41,43,45,62-71,74-75,78-80H,15-24,26,28,30,32,34,36,38,40,42,44,46-48H2,1-14H3,(H,72,76)(H,73,77)(H,81,82)(H,83,84)/p-2/b50-27+,51-29+,52-31-,53-33-,54-35-,55-37-,56-39-,57-41-,58-43-,59-45-/t62-,63-,64+,65-,66-,67-,68-,69-,70+,71-/m1/s1. The molecule has 0 saturated carbocycles. The van der Waals surface area contributed by atoms with E-state index < -0.39 is 109 Å². The number of aliphatic hydroxyl groups excluding tert-OH is 5. The Morgan fingerprint density at radius 2 is 0.707 bits per heavy atom. The lowest BCUT2D eigenvalue weighted by atomic mass is 9.94. The average molecular weight is 1330 g/mol. The maximum atomic E-state index is 13.0. The Morgan fingerprint density at radius 1 is 0.413 bits per heavy atom. The summed E-state index contributed by atoms with van der Waals surface area (Å²) in [4.78, 5) is 49.8. The molecule has 0 radical (unpaired) electrons. The fourth-order valence-corrected chi connectivity index (χ4v) is 12.6. The number of phosphoric ester groups is 2. The summed E-state index contributed by atoms with van der Waals surface area (Å²) in [6.07, 6.45) is 31.5. The Bertz CT molecular complexity index is 2710. The van der Waals surface area contributed by atoms with Crippen LogP contribution in [0.3, 0.4) is 0 Å². The lowest BCUT2D eigenvalue weighted by molar-refractivity contribution is -0.331. The highest BCUT2D eigenvalue weighted by Gasteiger charge is 2.52. The van der Waals surface area contributed by atoms with Gasteiger partial charge >= 0.3 is 0 Å². The molecule has 0 bridgehead atoms. The van der Waals surface area contributed by atoms with Gasteiger partial charge in [0.05, 0.1) is 19.8 Å². The zero-order chi connectivity index (χ0) is 69.0. The number of aliphatic hydroxyl groups is 5. The minimum absolute atomic E-state index is 0.568. The van der Waals surface area contributed by atoms with Gasteiger partial charge < -0.3 is 64.7 Å². The van der Waals surface area contributed by atoms with Crippen LogP contribution in [0.1, 0.15) is 225 Å². The van der Waals surface area contributed by atoms with Gasteiger partial charge in [0.2, 0.25) is 11.8 Å². The SMILES string of the molecule is CC(=O)N[C@@H]1[C@H](O[C@H]2[C@H](O)[C@@H](NC(C)=O)[C@@H](OP(=O)([O-])OP(=O)([O-])OC/C=C(/C)CC/C=C(/C)CC/C=C(/C)CC/C=C(/C)CC/C=C(/C)CC/C=C(/C)CC/C=C(/C)CC/C=C(/C)CC/C=C(\C)CC/C=C(\C)CCC=C(C)C)O[C@@H]2CO)O[C@H](CO)[C@@H](O)[C@@H]1O. The van der Waals surface area contributed by atoms with Crippen LogP contribution in [0.15, 0.2) is 128 Å². The van der Waals surface area contributed by atoms with Crippen molar-refractivity contribution in [3.63, 3.8) is 0 Å². The van der Waals surface area contributed by atoms with E-state index in [1.165, 1.54) is 61.8 Å². The number of hydrogen-bond acceptors (Lipinski definition) is 17. The van der Waals surface area contributed by atoms with Crippen LogP contribution in [-0.2, 0) is 46.3 Å². The zero-order valence-electron chi connectivity index (χ0n) is 57.9. The quantitative estimate of drug-likeness (QED) is 0.0220. The highest BCUT2D eigenvalue weighted by atomic mass is 31.3. The first-order chi connectivity index (χ1) is 43.3. The number of nitrogens with one attached hydrogen (secondary N) is 2. The second-order valence-corrected chi connectivity index (χ2v) is 28.4. The van der Waals surface area contributed by atoms with Crippen molar-refractivity contribution in [3.05, 3.63) is 128 Å². The van der Waals surface area contributed by atoms with Crippen LogP contribution in [-0.4, -0.2) is 118 Å². The molecule has 2 saturated heterocycles. The van der Waals surface area contributed by atoms with Crippen molar-refractivity contribution in [2.45, 2.75) is 287 Å². The van der Waals surface area contributed by atoms with Crippen molar-refractivity contribution < 1.29 is 81.6 Å². The number of hydrogen-bond donors (Lipinski definition) is 7. The molecule has 0 aromatic carbocycles. The fraction of sp³-hybridized carbons (Fsp3) is 0.662. The molecule has 0 aromatic heterocycles. The molecular weight excluding hydrogens is 1210 g/mol. The van der Waals surface area contributed by atoms with Crippen molar-refractivity contribution in [1.82, 2.24) is 10.6 Å².